The predicted octanol–water partition coefficient (Wildman–Crippen LogP) is 6.22. The van der Waals surface area contributed by atoms with Gasteiger partial charge in [0.05, 0.1) is 11.1 Å². The highest BCUT2D eigenvalue weighted by atomic mass is 79.9. The quantitative estimate of drug-likeness (QED) is 0.280. The summed E-state index contributed by atoms with van der Waals surface area (Å²) in [6, 6.07) is 17.4. The third-order valence-corrected chi connectivity index (χ3v) is 5.49. The van der Waals surface area contributed by atoms with E-state index >= 15 is 0 Å². The second-order valence-electron chi connectivity index (χ2n) is 7.33. The van der Waals surface area contributed by atoms with Crippen molar-refractivity contribution in [2.45, 2.75) is 20.5 Å². The van der Waals surface area contributed by atoms with E-state index in [0.717, 1.165) is 11.1 Å². The number of hydrogen-bond donors (Lipinski definition) is 0. The van der Waals surface area contributed by atoms with Gasteiger partial charge in [-0.2, -0.15) is 0 Å². The van der Waals surface area contributed by atoms with Gasteiger partial charge in [-0.05, 0) is 82.9 Å². The van der Waals surface area contributed by atoms with Gasteiger partial charge in [0.1, 0.15) is 12.4 Å². The summed E-state index contributed by atoms with van der Waals surface area (Å²) in [6.45, 7) is 4.39. The highest BCUT2D eigenvalue weighted by Gasteiger charge is 2.25. The first-order chi connectivity index (χ1) is 15.9. The van der Waals surface area contributed by atoms with Crippen molar-refractivity contribution in [1.29, 1.82) is 0 Å². The molecule has 0 aliphatic carbocycles. The van der Waals surface area contributed by atoms with Crippen molar-refractivity contribution in [2.75, 3.05) is 6.61 Å². The second kappa shape index (κ2) is 10.0. The van der Waals surface area contributed by atoms with Gasteiger partial charge >= 0.3 is 5.97 Å². The van der Waals surface area contributed by atoms with Crippen molar-refractivity contribution in [2.24, 2.45) is 4.99 Å². The minimum absolute atomic E-state index is 0.174. The van der Waals surface area contributed by atoms with Gasteiger partial charge in [0.2, 0.25) is 5.90 Å². The number of carbonyl (C=O) groups excluding carboxylic acids is 1. The van der Waals surface area contributed by atoms with Gasteiger partial charge in [-0.15, -0.1) is 0 Å². The molecule has 1 heterocycles. The van der Waals surface area contributed by atoms with E-state index in [1.165, 1.54) is 12.1 Å². The lowest BCUT2D eigenvalue weighted by Gasteiger charge is -2.15. The number of aryl methyl sites for hydroxylation is 1. The van der Waals surface area contributed by atoms with Crippen LogP contribution in [0.5, 0.6) is 11.5 Å². The zero-order valence-electron chi connectivity index (χ0n) is 18.1. The van der Waals surface area contributed by atoms with Gasteiger partial charge < -0.3 is 14.2 Å². The number of hydrogen-bond acceptors (Lipinski definition) is 5. The molecule has 1 aliphatic rings. The molecule has 4 rings (SSSR count). The first-order valence-corrected chi connectivity index (χ1v) is 11.2. The van der Waals surface area contributed by atoms with Crippen LogP contribution in [0.1, 0.15) is 29.2 Å². The Morgan fingerprint density at radius 1 is 1.09 bits per heavy atom. The van der Waals surface area contributed by atoms with E-state index in [-0.39, 0.29) is 24.0 Å². The van der Waals surface area contributed by atoms with Gasteiger partial charge in [-0.1, -0.05) is 30.3 Å². The first-order valence-electron chi connectivity index (χ1n) is 10.4. The molecule has 0 N–H and O–H groups in total. The Morgan fingerprint density at radius 2 is 1.91 bits per heavy atom. The molecule has 0 radical (unpaired) electrons. The standard InChI is InChI=1S/C26H21BrFNO4/c1-3-31-23-14-18(12-21(27)24(23)32-15-17-8-6-9-19(28)11-17)13-22-26(30)33-25(29-22)20-10-5-4-7-16(20)2/h4-14H,3,15H2,1-2H3/b22-13-. The van der Waals surface area contributed by atoms with Crippen LogP contribution in [0.3, 0.4) is 0 Å². The molecule has 0 spiro atoms. The average molecular weight is 510 g/mol. The molecule has 0 amide bonds. The van der Waals surface area contributed by atoms with E-state index in [9.17, 15) is 9.18 Å². The molecule has 3 aromatic carbocycles. The van der Waals surface area contributed by atoms with Crippen molar-refractivity contribution < 1.29 is 23.4 Å². The Hall–Kier alpha value is -3.45. The van der Waals surface area contributed by atoms with E-state index in [4.69, 9.17) is 14.2 Å². The largest absolute Gasteiger partial charge is 0.490 e. The Balaban J connectivity index is 1.62. The number of cyclic esters (lactones) is 1. The number of carbonyl (C=O) groups is 1. The van der Waals surface area contributed by atoms with Crippen LogP contribution in [0.4, 0.5) is 4.39 Å². The maximum atomic E-state index is 13.5. The second-order valence-corrected chi connectivity index (χ2v) is 8.19. The lowest BCUT2D eigenvalue weighted by molar-refractivity contribution is -0.129. The molecular weight excluding hydrogens is 489 g/mol. The molecule has 5 nitrogen and oxygen atoms in total. The molecule has 0 bridgehead atoms. The summed E-state index contributed by atoms with van der Waals surface area (Å²) in [6.07, 6.45) is 1.64. The van der Waals surface area contributed by atoms with Crippen molar-refractivity contribution in [3.8, 4) is 11.5 Å². The van der Waals surface area contributed by atoms with Gasteiger partial charge in [0, 0.05) is 5.56 Å². The number of nitrogens with zero attached hydrogens (tertiary/aromatic N) is 1. The van der Waals surface area contributed by atoms with Crippen LogP contribution in [-0.2, 0) is 16.1 Å². The molecule has 0 saturated heterocycles. The highest BCUT2D eigenvalue weighted by Crippen LogP contribution is 2.38. The molecule has 3 aromatic rings. The fourth-order valence-electron chi connectivity index (χ4n) is 3.35. The fourth-order valence-corrected chi connectivity index (χ4v) is 3.93. The average Bonchev–Trinajstić information content (AvgIpc) is 3.13. The molecule has 168 valence electrons. The van der Waals surface area contributed by atoms with Crippen molar-refractivity contribution in [1.82, 2.24) is 0 Å². The zero-order valence-corrected chi connectivity index (χ0v) is 19.7. The predicted molar refractivity (Wildman–Crippen MR) is 128 cm³/mol. The lowest BCUT2D eigenvalue weighted by atomic mass is 10.1. The summed E-state index contributed by atoms with van der Waals surface area (Å²) in [4.78, 5) is 16.8. The lowest BCUT2D eigenvalue weighted by Crippen LogP contribution is -2.06. The Morgan fingerprint density at radius 3 is 2.67 bits per heavy atom. The smallest absolute Gasteiger partial charge is 0.363 e. The number of rotatable bonds is 7. The summed E-state index contributed by atoms with van der Waals surface area (Å²) < 4.78 is 31.2. The van der Waals surface area contributed by atoms with Crippen LogP contribution in [-0.4, -0.2) is 18.5 Å². The van der Waals surface area contributed by atoms with Gasteiger partial charge in [0.15, 0.2) is 17.2 Å². The summed E-state index contributed by atoms with van der Waals surface area (Å²) in [5.74, 6) is 0.416. The third-order valence-electron chi connectivity index (χ3n) is 4.90. The molecule has 0 atom stereocenters. The first kappa shape index (κ1) is 22.7. The van der Waals surface area contributed by atoms with E-state index < -0.39 is 5.97 Å². The van der Waals surface area contributed by atoms with Crippen molar-refractivity contribution in [3.05, 3.63) is 98.9 Å². The van der Waals surface area contributed by atoms with Crippen LogP contribution in [0.2, 0.25) is 0 Å². The molecule has 0 aromatic heterocycles. The third kappa shape index (κ3) is 5.31. The minimum Gasteiger partial charge on any atom is -0.490 e. The van der Waals surface area contributed by atoms with Crippen LogP contribution in [0.25, 0.3) is 6.08 Å². The SMILES string of the molecule is CCOc1cc(/C=C2\N=C(c3ccccc3C)OC2=O)cc(Br)c1OCc1cccc(F)c1. The number of halogens is 2. The maximum absolute atomic E-state index is 13.5. The Labute approximate surface area is 199 Å². The summed E-state index contributed by atoms with van der Waals surface area (Å²) in [5.41, 5.74) is 3.31. The summed E-state index contributed by atoms with van der Waals surface area (Å²) >= 11 is 3.52. The van der Waals surface area contributed by atoms with Gasteiger partial charge in [-0.25, -0.2) is 14.2 Å². The highest BCUT2D eigenvalue weighted by molar-refractivity contribution is 9.10. The molecule has 0 saturated carbocycles. The Bertz CT molecular complexity index is 1270. The normalized spacial score (nSPS) is 14.2. The molecule has 7 heteroatoms. The topological polar surface area (TPSA) is 57.1 Å². The van der Waals surface area contributed by atoms with E-state index in [1.807, 2.05) is 38.1 Å². The van der Waals surface area contributed by atoms with E-state index in [0.29, 0.717) is 33.7 Å². The molecule has 0 unspecified atom stereocenters. The number of benzene rings is 3. The number of ether oxygens (including phenoxy) is 3. The molecule has 0 fully saturated rings. The molecular formula is C26H21BrFNO4. The van der Waals surface area contributed by atoms with Crippen molar-refractivity contribution >= 4 is 33.9 Å². The fraction of sp³-hybridized carbons (Fsp3) is 0.154. The Kier molecular flexibility index (Phi) is 6.89. The number of aliphatic imine (C=N–C) groups is 1. The van der Waals surface area contributed by atoms with Crippen molar-refractivity contribution in [3.63, 3.8) is 0 Å². The summed E-state index contributed by atoms with van der Waals surface area (Å²) in [7, 11) is 0. The van der Waals surface area contributed by atoms with Crippen LogP contribution in [0.15, 0.2) is 75.8 Å². The van der Waals surface area contributed by atoms with Crippen LogP contribution in [0, 0.1) is 12.7 Å². The van der Waals surface area contributed by atoms with Crippen LogP contribution >= 0.6 is 15.9 Å². The van der Waals surface area contributed by atoms with E-state index in [1.54, 1.807) is 30.3 Å². The molecule has 33 heavy (non-hydrogen) atoms. The maximum Gasteiger partial charge on any atom is 0.363 e. The van der Waals surface area contributed by atoms with E-state index in [2.05, 4.69) is 20.9 Å². The van der Waals surface area contributed by atoms with Gasteiger partial charge in [-0.3, -0.25) is 0 Å². The van der Waals surface area contributed by atoms with Gasteiger partial charge in [0.25, 0.3) is 0 Å². The number of esters is 1. The summed E-state index contributed by atoms with van der Waals surface area (Å²) in [5, 5.41) is 0. The monoisotopic (exact) mass is 509 g/mol. The van der Waals surface area contributed by atoms with Crippen LogP contribution < -0.4 is 9.47 Å². The molecule has 1 aliphatic heterocycles. The minimum atomic E-state index is -0.520. The zero-order chi connectivity index (χ0) is 23.4.